The van der Waals surface area contributed by atoms with Crippen molar-refractivity contribution in [1.82, 2.24) is 0 Å². The molecule has 3 heteroatoms. The van der Waals surface area contributed by atoms with Crippen LogP contribution >= 0.6 is 28.6 Å². The molecule has 1 rings (SSSR count). The molecule has 0 heterocycles. The third-order valence-corrected chi connectivity index (χ3v) is 3.75. The first-order valence-corrected chi connectivity index (χ1v) is 6.23. The maximum atomic E-state index is 4.33. The van der Waals surface area contributed by atoms with Crippen LogP contribution in [0.25, 0.3) is 6.08 Å². The molecule has 0 radical (unpaired) electrons. The third-order valence-electron chi connectivity index (χ3n) is 2.47. The zero-order valence-electron chi connectivity index (χ0n) is 9.05. The molecule has 0 aliphatic heterocycles. The van der Waals surface area contributed by atoms with E-state index in [4.69, 9.17) is 0 Å². The molecule has 0 unspecified atom stereocenters. The van der Waals surface area contributed by atoms with Crippen molar-refractivity contribution in [3.05, 3.63) is 46.0 Å². The fourth-order valence-corrected chi connectivity index (χ4v) is 2.61. The number of thiol groups is 1. The lowest BCUT2D eigenvalue weighted by molar-refractivity contribution is 1.35. The van der Waals surface area contributed by atoms with E-state index in [0.717, 1.165) is 10.2 Å². The van der Waals surface area contributed by atoms with Gasteiger partial charge in [-0.25, -0.2) is 0 Å². The molecule has 0 saturated heterocycles. The van der Waals surface area contributed by atoms with E-state index < -0.39 is 0 Å². The van der Waals surface area contributed by atoms with Crippen LogP contribution in [0.15, 0.2) is 29.3 Å². The fraction of sp³-hybridized carbons (Fsp3) is 0.167. The molecule has 0 aliphatic carbocycles. The van der Waals surface area contributed by atoms with E-state index >= 15 is 0 Å². The summed E-state index contributed by atoms with van der Waals surface area (Å²) < 4.78 is 1.14. The monoisotopic (exact) mass is 280 g/mol. The van der Waals surface area contributed by atoms with E-state index in [1.54, 1.807) is 6.08 Å². The number of rotatable bonds is 3. The van der Waals surface area contributed by atoms with Crippen LogP contribution < -0.4 is 5.46 Å². The maximum absolute atomic E-state index is 4.33. The highest BCUT2D eigenvalue weighted by Gasteiger charge is 2.08. The second-order valence-electron chi connectivity index (χ2n) is 3.46. The first-order chi connectivity index (χ1) is 7.11. The Balaban J connectivity index is 3.39. The van der Waals surface area contributed by atoms with Gasteiger partial charge in [-0.1, -0.05) is 36.3 Å². The van der Waals surface area contributed by atoms with Crippen molar-refractivity contribution in [2.24, 2.45) is 0 Å². The highest BCUT2D eigenvalue weighted by Crippen LogP contribution is 2.26. The Morgan fingerprint density at radius 3 is 2.80 bits per heavy atom. The molecular weight excluding hydrogens is 267 g/mol. The summed E-state index contributed by atoms with van der Waals surface area (Å²) in [6.07, 6.45) is 5.82. The van der Waals surface area contributed by atoms with Crippen LogP contribution in [-0.2, 0) is 5.75 Å². The normalized spacial score (nSPS) is 10.9. The van der Waals surface area contributed by atoms with Crippen molar-refractivity contribution in [1.29, 1.82) is 0 Å². The first-order valence-electron chi connectivity index (χ1n) is 4.80. The fourth-order valence-electron chi connectivity index (χ4n) is 1.46. The zero-order valence-corrected chi connectivity index (χ0v) is 11.5. The average molecular weight is 281 g/mol. The number of benzene rings is 1. The van der Waals surface area contributed by atoms with E-state index in [0.29, 0.717) is 0 Å². The smallest absolute Gasteiger partial charge is 0.139 e. The molecule has 0 aliphatic rings. The van der Waals surface area contributed by atoms with Crippen molar-refractivity contribution >= 4 is 47.9 Å². The molecule has 15 heavy (non-hydrogen) atoms. The summed E-state index contributed by atoms with van der Waals surface area (Å²) in [5.41, 5.74) is 5.04. The minimum Gasteiger partial charge on any atom is -0.175 e. The van der Waals surface area contributed by atoms with Gasteiger partial charge in [0.05, 0.1) is 0 Å². The Morgan fingerprint density at radius 1 is 1.60 bits per heavy atom. The molecule has 0 atom stereocenters. The molecule has 1 aromatic rings. The molecule has 0 amide bonds. The number of hydrogen-bond acceptors (Lipinski definition) is 1. The number of allylic oxidation sites excluding steroid dienone is 2. The van der Waals surface area contributed by atoms with E-state index in [-0.39, 0.29) is 0 Å². The Labute approximate surface area is 106 Å². The van der Waals surface area contributed by atoms with Gasteiger partial charge in [-0.05, 0) is 39.5 Å². The van der Waals surface area contributed by atoms with Crippen molar-refractivity contribution in [2.45, 2.75) is 12.7 Å². The second kappa shape index (κ2) is 5.62. The summed E-state index contributed by atoms with van der Waals surface area (Å²) in [4.78, 5) is 0. The predicted octanol–water partition coefficient (Wildman–Crippen LogP) is 2.64. The molecule has 0 aromatic heterocycles. The highest BCUT2D eigenvalue weighted by molar-refractivity contribution is 9.10. The van der Waals surface area contributed by atoms with Gasteiger partial charge in [-0.3, -0.25) is 0 Å². The van der Waals surface area contributed by atoms with Crippen LogP contribution in [0.4, 0.5) is 0 Å². The minimum absolute atomic E-state index is 0.747. The Bertz CT molecular complexity index is 411. The van der Waals surface area contributed by atoms with Gasteiger partial charge in [-0.15, -0.1) is 0 Å². The van der Waals surface area contributed by atoms with Crippen molar-refractivity contribution in [3.8, 4) is 0 Å². The molecular formula is C12H14BBrS. The maximum Gasteiger partial charge on any atom is 0.139 e. The third kappa shape index (κ3) is 2.79. The predicted molar refractivity (Wildman–Crippen MR) is 79.0 cm³/mol. The first kappa shape index (κ1) is 12.7. The van der Waals surface area contributed by atoms with Gasteiger partial charge in [0.25, 0.3) is 0 Å². The van der Waals surface area contributed by atoms with Crippen molar-refractivity contribution in [2.75, 3.05) is 0 Å². The molecule has 0 fully saturated rings. The van der Waals surface area contributed by atoms with Crippen LogP contribution in [0.2, 0.25) is 0 Å². The lowest BCUT2D eigenvalue weighted by atomic mass is 9.86. The molecule has 0 nitrogen and oxygen atoms in total. The molecule has 0 N–H and O–H groups in total. The SMILES string of the molecule is Bc1cc(CS)c(Br)c(/C=C\C=C)c1C. The van der Waals surface area contributed by atoms with Crippen LogP contribution in [0.1, 0.15) is 16.7 Å². The summed E-state index contributed by atoms with van der Waals surface area (Å²) in [6.45, 7) is 5.81. The van der Waals surface area contributed by atoms with Crippen LogP contribution in [-0.4, -0.2) is 7.85 Å². The summed E-state index contributed by atoms with van der Waals surface area (Å²) in [7, 11) is 2.12. The van der Waals surface area contributed by atoms with Crippen LogP contribution in [0.5, 0.6) is 0 Å². The van der Waals surface area contributed by atoms with E-state index in [2.05, 4.69) is 62.1 Å². The summed E-state index contributed by atoms with van der Waals surface area (Å²) in [5, 5.41) is 0. The van der Waals surface area contributed by atoms with Gasteiger partial charge in [0, 0.05) is 10.2 Å². The lowest BCUT2D eigenvalue weighted by Crippen LogP contribution is -2.11. The summed E-state index contributed by atoms with van der Waals surface area (Å²) in [6, 6.07) is 2.18. The van der Waals surface area contributed by atoms with E-state index in [9.17, 15) is 0 Å². The van der Waals surface area contributed by atoms with Gasteiger partial charge in [0.1, 0.15) is 7.85 Å². The van der Waals surface area contributed by atoms with Gasteiger partial charge >= 0.3 is 0 Å². The lowest BCUT2D eigenvalue weighted by Gasteiger charge is -2.12. The topological polar surface area (TPSA) is 0 Å². The molecule has 0 saturated carbocycles. The molecule has 1 aromatic carbocycles. The average Bonchev–Trinajstić information content (AvgIpc) is 2.23. The largest absolute Gasteiger partial charge is 0.175 e. The van der Waals surface area contributed by atoms with Crippen LogP contribution in [0.3, 0.4) is 0 Å². The van der Waals surface area contributed by atoms with Gasteiger partial charge in [0.2, 0.25) is 0 Å². The minimum atomic E-state index is 0.747. The van der Waals surface area contributed by atoms with E-state index in [1.807, 2.05) is 6.08 Å². The van der Waals surface area contributed by atoms with Crippen LogP contribution in [0, 0.1) is 6.92 Å². The van der Waals surface area contributed by atoms with Crippen molar-refractivity contribution < 1.29 is 0 Å². The quantitative estimate of drug-likeness (QED) is 0.491. The highest BCUT2D eigenvalue weighted by atomic mass is 79.9. The number of hydrogen-bond donors (Lipinski definition) is 1. The summed E-state index contributed by atoms with van der Waals surface area (Å²) in [5.74, 6) is 0.747. The Kier molecular flexibility index (Phi) is 4.74. The van der Waals surface area contributed by atoms with E-state index in [1.165, 1.54) is 22.2 Å². The number of halogens is 1. The second-order valence-corrected chi connectivity index (χ2v) is 4.57. The summed E-state index contributed by atoms with van der Waals surface area (Å²) >= 11 is 7.95. The Hall–Kier alpha value is -0.405. The zero-order chi connectivity index (χ0) is 11.4. The Morgan fingerprint density at radius 2 is 2.27 bits per heavy atom. The van der Waals surface area contributed by atoms with Crippen molar-refractivity contribution in [3.63, 3.8) is 0 Å². The van der Waals surface area contributed by atoms with Gasteiger partial charge < -0.3 is 0 Å². The molecule has 78 valence electrons. The van der Waals surface area contributed by atoms with Gasteiger partial charge in [0.15, 0.2) is 0 Å². The molecule has 0 bridgehead atoms. The molecule has 0 spiro atoms. The van der Waals surface area contributed by atoms with Gasteiger partial charge in [-0.2, -0.15) is 12.6 Å². The standard InChI is InChI=1S/C12H14BBrS/c1-3-4-5-10-8(2)11(13)6-9(7-15)12(10)14/h3-6,15H,1,7,13H2,2H3/b5-4-.